The monoisotopic (exact) mass is 366 g/mol. The highest BCUT2D eigenvalue weighted by Crippen LogP contribution is 2.28. The average molecular weight is 367 g/mol. The first-order valence-electron chi connectivity index (χ1n) is 6.33. The SMILES string of the molecule is CNC(=O)c1cccc(NC(=O)c2cc(C)c(Br)s2)c1C. The van der Waals surface area contributed by atoms with Crippen LogP contribution in [0.25, 0.3) is 0 Å². The van der Waals surface area contributed by atoms with Crippen molar-refractivity contribution >= 4 is 44.8 Å². The van der Waals surface area contributed by atoms with Crippen molar-refractivity contribution in [3.63, 3.8) is 0 Å². The van der Waals surface area contributed by atoms with Gasteiger partial charge in [-0.15, -0.1) is 11.3 Å². The molecule has 4 nitrogen and oxygen atoms in total. The third-order valence-electron chi connectivity index (χ3n) is 3.13. The van der Waals surface area contributed by atoms with Crippen molar-refractivity contribution < 1.29 is 9.59 Å². The van der Waals surface area contributed by atoms with E-state index < -0.39 is 0 Å². The fraction of sp³-hybridized carbons (Fsp3) is 0.200. The molecule has 2 N–H and O–H groups in total. The molecule has 0 aliphatic heterocycles. The van der Waals surface area contributed by atoms with Gasteiger partial charge in [0.2, 0.25) is 0 Å². The molecule has 0 aliphatic rings. The summed E-state index contributed by atoms with van der Waals surface area (Å²) in [6, 6.07) is 7.11. The summed E-state index contributed by atoms with van der Waals surface area (Å²) in [5, 5.41) is 5.45. The number of amides is 2. The fourth-order valence-corrected chi connectivity index (χ4v) is 3.34. The number of nitrogens with one attached hydrogen (secondary N) is 2. The molecule has 0 saturated carbocycles. The third-order valence-corrected chi connectivity index (χ3v) is 5.27. The first-order chi connectivity index (χ1) is 9.93. The van der Waals surface area contributed by atoms with Crippen LogP contribution in [0.3, 0.4) is 0 Å². The smallest absolute Gasteiger partial charge is 0.265 e. The van der Waals surface area contributed by atoms with Crippen LogP contribution in [0.15, 0.2) is 28.1 Å². The first-order valence-corrected chi connectivity index (χ1v) is 7.94. The van der Waals surface area contributed by atoms with E-state index in [0.29, 0.717) is 16.1 Å². The summed E-state index contributed by atoms with van der Waals surface area (Å²) in [5.41, 5.74) is 2.97. The lowest BCUT2D eigenvalue weighted by atomic mass is 10.1. The molecule has 1 aromatic carbocycles. The Bertz CT molecular complexity index is 690. The lowest BCUT2D eigenvalue weighted by Crippen LogP contribution is -2.20. The van der Waals surface area contributed by atoms with Gasteiger partial charge in [-0.2, -0.15) is 0 Å². The number of hydrogen-bond donors (Lipinski definition) is 2. The Kier molecular flexibility index (Phi) is 4.80. The van der Waals surface area contributed by atoms with E-state index in [1.807, 2.05) is 19.9 Å². The molecule has 21 heavy (non-hydrogen) atoms. The van der Waals surface area contributed by atoms with Gasteiger partial charge in [0.25, 0.3) is 11.8 Å². The Morgan fingerprint density at radius 2 is 1.90 bits per heavy atom. The summed E-state index contributed by atoms with van der Waals surface area (Å²) >= 11 is 4.80. The lowest BCUT2D eigenvalue weighted by molar-refractivity contribution is 0.0961. The molecule has 110 valence electrons. The van der Waals surface area contributed by atoms with E-state index in [1.165, 1.54) is 11.3 Å². The number of anilines is 1. The van der Waals surface area contributed by atoms with Crippen LogP contribution in [0.2, 0.25) is 0 Å². The minimum atomic E-state index is -0.175. The van der Waals surface area contributed by atoms with Crippen LogP contribution in [-0.2, 0) is 0 Å². The lowest BCUT2D eigenvalue weighted by Gasteiger charge is -2.11. The van der Waals surface area contributed by atoms with E-state index >= 15 is 0 Å². The summed E-state index contributed by atoms with van der Waals surface area (Å²) in [6.45, 7) is 3.75. The largest absolute Gasteiger partial charge is 0.355 e. The first kappa shape index (κ1) is 15.7. The Labute approximate surface area is 135 Å². The summed E-state index contributed by atoms with van der Waals surface area (Å²) in [7, 11) is 1.58. The normalized spacial score (nSPS) is 10.3. The van der Waals surface area contributed by atoms with Crippen LogP contribution in [0, 0.1) is 13.8 Å². The second kappa shape index (κ2) is 6.41. The van der Waals surface area contributed by atoms with Gasteiger partial charge in [-0.1, -0.05) is 6.07 Å². The number of hydrogen-bond acceptors (Lipinski definition) is 3. The molecular formula is C15H15BrN2O2S. The number of aryl methyl sites for hydroxylation is 1. The summed E-state index contributed by atoms with van der Waals surface area (Å²) in [6.07, 6.45) is 0. The zero-order valence-electron chi connectivity index (χ0n) is 11.9. The molecule has 6 heteroatoms. The van der Waals surface area contributed by atoms with Crippen molar-refractivity contribution in [1.82, 2.24) is 5.32 Å². The molecule has 0 radical (unpaired) electrons. The molecule has 0 unspecified atom stereocenters. The van der Waals surface area contributed by atoms with Gasteiger partial charge < -0.3 is 10.6 Å². The summed E-state index contributed by atoms with van der Waals surface area (Å²) in [4.78, 5) is 24.7. The van der Waals surface area contributed by atoms with E-state index in [-0.39, 0.29) is 11.8 Å². The summed E-state index contributed by atoms with van der Waals surface area (Å²) < 4.78 is 0.948. The topological polar surface area (TPSA) is 58.2 Å². The third kappa shape index (κ3) is 3.33. The molecular weight excluding hydrogens is 352 g/mol. The van der Waals surface area contributed by atoms with Crippen LogP contribution >= 0.6 is 27.3 Å². The van der Waals surface area contributed by atoms with Crippen LogP contribution in [0.1, 0.15) is 31.2 Å². The van der Waals surface area contributed by atoms with Crippen molar-refractivity contribution in [3.8, 4) is 0 Å². The fourth-order valence-electron chi connectivity index (χ4n) is 1.91. The molecule has 0 atom stereocenters. The molecule has 0 fully saturated rings. The highest BCUT2D eigenvalue weighted by atomic mass is 79.9. The second-order valence-corrected chi connectivity index (χ2v) is 6.95. The maximum Gasteiger partial charge on any atom is 0.265 e. The zero-order chi connectivity index (χ0) is 15.6. The standard InChI is InChI=1S/C15H15BrN2O2S/c1-8-7-12(21-13(8)16)15(20)18-11-6-4-5-10(9(11)2)14(19)17-3/h4-7H,1-3H3,(H,17,19)(H,18,20). The number of benzene rings is 1. The van der Waals surface area contributed by atoms with Gasteiger partial charge in [-0.3, -0.25) is 9.59 Å². The Balaban J connectivity index is 2.27. The van der Waals surface area contributed by atoms with Crippen LogP contribution in [0.5, 0.6) is 0 Å². The molecule has 2 rings (SSSR count). The van der Waals surface area contributed by atoms with Gasteiger partial charge >= 0.3 is 0 Å². The second-order valence-electron chi connectivity index (χ2n) is 4.58. The minimum absolute atomic E-state index is 0.168. The van der Waals surface area contributed by atoms with Gasteiger partial charge in [0.05, 0.1) is 8.66 Å². The van der Waals surface area contributed by atoms with Gasteiger partial charge in [-0.25, -0.2) is 0 Å². The van der Waals surface area contributed by atoms with Crippen LogP contribution in [0.4, 0.5) is 5.69 Å². The molecule has 2 amide bonds. The minimum Gasteiger partial charge on any atom is -0.355 e. The van der Waals surface area contributed by atoms with Gasteiger partial charge in [0.1, 0.15) is 0 Å². The maximum atomic E-state index is 12.3. The van der Waals surface area contributed by atoms with E-state index in [4.69, 9.17) is 0 Å². The Morgan fingerprint density at radius 3 is 2.48 bits per heavy atom. The average Bonchev–Trinajstić information content (AvgIpc) is 2.80. The Hall–Kier alpha value is -1.66. The molecule has 2 aromatic rings. The zero-order valence-corrected chi connectivity index (χ0v) is 14.3. The van der Waals surface area contributed by atoms with E-state index in [1.54, 1.807) is 25.2 Å². The number of carbonyl (C=O) groups is 2. The summed E-state index contributed by atoms with van der Waals surface area (Å²) in [5.74, 6) is -0.343. The van der Waals surface area contributed by atoms with E-state index in [9.17, 15) is 9.59 Å². The number of halogens is 1. The van der Waals surface area contributed by atoms with Crippen molar-refractivity contribution in [1.29, 1.82) is 0 Å². The van der Waals surface area contributed by atoms with Crippen molar-refractivity contribution in [2.24, 2.45) is 0 Å². The Morgan fingerprint density at radius 1 is 1.19 bits per heavy atom. The number of carbonyl (C=O) groups excluding carboxylic acids is 2. The number of rotatable bonds is 3. The maximum absolute atomic E-state index is 12.3. The predicted octanol–water partition coefficient (Wildman–Crippen LogP) is 3.74. The van der Waals surface area contributed by atoms with Gasteiger partial charge in [0, 0.05) is 18.3 Å². The molecule has 0 saturated heterocycles. The van der Waals surface area contributed by atoms with E-state index in [0.717, 1.165) is 14.9 Å². The molecule has 1 heterocycles. The molecule has 0 aliphatic carbocycles. The van der Waals surface area contributed by atoms with Crippen molar-refractivity contribution in [2.45, 2.75) is 13.8 Å². The predicted molar refractivity (Wildman–Crippen MR) is 89.3 cm³/mol. The van der Waals surface area contributed by atoms with Crippen LogP contribution < -0.4 is 10.6 Å². The van der Waals surface area contributed by atoms with Crippen molar-refractivity contribution in [3.05, 3.63) is 49.6 Å². The quantitative estimate of drug-likeness (QED) is 0.868. The molecule has 0 bridgehead atoms. The van der Waals surface area contributed by atoms with E-state index in [2.05, 4.69) is 26.6 Å². The van der Waals surface area contributed by atoms with Gasteiger partial charge in [-0.05, 0) is 59.1 Å². The number of thiophene rings is 1. The highest BCUT2D eigenvalue weighted by Gasteiger charge is 2.15. The van der Waals surface area contributed by atoms with Gasteiger partial charge in [0.15, 0.2) is 0 Å². The molecule has 0 spiro atoms. The van der Waals surface area contributed by atoms with Crippen molar-refractivity contribution in [2.75, 3.05) is 12.4 Å². The highest BCUT2D eigenvalue weighted by molar-refractivity contribution is 9.11. The van der Waals surface area contributed by atoms with Crippen LogP contribution in [-0.4, -0.2) is 18.9 Å². The molecule has 1 aromatic heterocycles.